The second-order valence-corrected chi connectivity index (χ2v) is 3.22. The van der Waals surface area contributed by atoms with Crippen molar-refractivity contribution in [2.24, 2.45) is 0 Å². The molecule has 0 fully saturated rings. The number of hydrogen-bond donors (Lipinski definition) is 1. The number of nitrogens with zero attached hydrogens (tertiary/aromatic N) is 2. The quantitative estimate of drug-likeness (QED) is 0.821. The number of anilines is 1. The molecule has 2 aromatic rings. The van der Waals surface area contributed by atoms with Crippen molar-refractivity contribution in [3.63, 3.8) is 0 Å². The van der Waals surface area contributed by atoms with E-state index in [9.17, 15) is 0 Å². The second-order valence-electron chi connectivity index (χ2n) is 2.82. The third-order valence-corrected chi connectivity index (χ3v) is 2.16. The highest BCUT2D eigenvalue weighted by atomic mass is 35.5. The van der Waals surface area contributed by atoms with Gasteiger partial charge in [0.05, 0.1) is 0 Å². The summed E-state index contributed by atoms with van der Waals surface area (Å²) >= 11 is 5.96. The van der Waals surface area contributed by atoms with E-state index in [4.69, 9.17) is 17.3 Å². The van der Waals surface area contributed by atoms with E-state index in [-0.39, 0.29) is 6.01 Å². The third kappa shape index (κ3) is 1.85. The lowest BCUT2D eigenvalue weighted by Gasteiger charge is -1.98. The molecule has 0 amide bonds. The Morgan fingerprint density at radius 1 is 1.36 bits per heavy atom. The highest BCUT2D eigenvalue weighted by Gasteiger charge is 2.06. The van der Waals surface area contributed by atoms with Gasteiger partial charge in [-0.05, 0) is 11.6 Å². The van der Waals surface area contributed by atoms with Crippen LogP contribution in [0.4, 0.5) is 6.01 Å². The average Bonchev–Trinajstić information content (AvgIpc) is 2.56. The summed E-state index contributed by atoms with van der Waals surface area (Å²) in [4.78, 5) is 3.89. The number of aromatic nitrogens is 2. The van der Waals surface area contributed by atoms with Crippen LogP contribution in [0.2, 0.25) is 5.02 Å². The minimum atomic E-state index is 0.0760. The van der Waals surface area contributed by atoms with Gasteiger partial charge in [-0.15, -0.1) is 0 Å². The van der Waals surface area contributed by atoms with Gasteiger partial charge in [0.2, 0.25) is 0 Å². The van der Waals surface area contributed by atoms with Gasteiger partial charge in [0.1, 0.15) is 0 Å². The van der Waals surface area contributed by atoms with Gasteiger partial charge < -0.3 is 10.3 Å². The lowest BCUT2D eigenvalue weighted by molar-refractivity contribution is 0.428. The summed E-state index contributed by atoms with van der Waals surface area (Å²) in [5.41, 5.74) is 6.25. The van der Waals surface area contributed by atoms with Crippen LogP contribution in [-0.4, -0.2) is 10.1 Å². The SMILES string of the molecule is Nc1nc(Cc2ccccc2Cl)no1. The molecule has 0 aliphatic carbocycles. The van der Waals surface area contributed by atoms with Crippen LogP contribution in [0.3, 0.4) is 0 Å². The van der Waals surface area contributed by atoms with Crippen LogP contribution < -0.4 is 5.73 Å². The summed E-state index contributed by atoms with van der Waals surface area (Å²) in [7, 11) is 0. The van der Waals surface area contributed by atoms with Crippen molar-refractivity contribution in [1.29, 1.82) is 0 Å². The lowest BCUT2D eigenvalue weighted by Crippen LogP contribution is -1.92. The first kappa shape index (κ1) is 9.02. The zero-order valence-electron chi connectivity index (χ0n) is 7.27. The fourth-order valence-electron chi connectivity index (χ4n) is 1.15. The van der Waals surface area contributed by atoms with Gasteiger partial charge in [-0.3, -0.25) is 0 Å². The fraction of sp³-hybridized carbons (Fsp3) is 0.111. The van der Waals surface area contributed by atoms with Crippen LogP contribution in [0.5, 0.6) is 0 Å². The number of rotatable bonds is 2. The van der Waals surface area contributed by atoms with Crippen LogP contribution in [0.15, 0.2) is 28.8 Å². The van der Waals surface area contributed by atoms with Gasteiger partial charge in [-0.2, -0.15) is 4.98 Å². The summed E-state index contributed by atoms with van der Waals surface area (Å²) < 4.78 is 4.65. The Balaban J connectivity index is 2.23. The summed E-state index contributed by atoms with van der Waals surface area (Å²) in [6, 6.07) is 7.59. The molecule has 0 radical (unpaired) electrons. The van der Waals surface area contributed by atoms with E-state index in [0.29, 0.717) is 17.3 Å². The van der Waals surface area contributed by atoms with Crippen molar-refractivity contribution in [1.82, 2.24) is 10.1 Å². The Bertz CT molecular complexity index is 441. The molecule has 1 heterocycles. The van der Waals surface area contributed by atoms with Gasteiger partial charge in [-0.25, -0.2) is 0 Å². The van der Waals surface area contributed by atoms with Crippen molar-refractivity contribution in [2.45, 2.75) is 6.42 Å². The zero-order valence-corrected chi connectivity index (χ0v) is 8.03. The van der Waals surface area contributed by atoms with Crippen molar-refractivity contribution in [3.05, 3.63) is 40.7 Å². The van der Waals surface area contributed by atoms with E-state index in [1.165, 1.54) is 0 Å². The molecule has 0 bridgehead atoms. The predicted octanol–water partition coefficient (Wildman–Crippen LogP) is 1.90. The molecule has 0 atom stereocenters. The van der Waals surface area contributed by atoms with Gasteiger partial charge in [0.25, 0.3) is 0 Å². The van der Waals surface area contributed by atoms with Crippen LogP contribution in [0.1, 0.15) is 11.4 Å². The number of benzene rings is 1. The maximum atomic E-state index is 5.96. The normalized spacial score (nSPS) is 10.4. The minimum Gasteiger partial charge on any atom is -0.351 e. The summed E-state index contributed by atoms with van der Waals surface area (Å²) in [6.45, 7) is 0. The van der Waals surface area contributed by atoms with Crippen molar-refractivity contribution < 1.29 is 4.52 Å². The van der Waals surface area contributed by atoms with E-state index in [2.05, 4.69) is 14.7 Å². The minimum absolute atomic E-state index is 0.0760. The zero-order chi connectivity index (χ0) is 9.97. The maximum Gasteiger partial charge on any atom is 0.318 e. The molecule has 0 saturated heterocycles. The maximum absolute atomic E-state index is 5.96. The fourth-order valence-corrected chi connectivity index (χ4v) is 1.35. The topological polar surface area (TPSA) is 64.9 Å². The molecule has 0 saturated carbocycles. The Kier molecular flexibility index (Phi) is 2.37. The molecule has 0 aliphatic rings. The van der Waals surface area contributed by atoms with E-state index < -0.39 is 0 Å². The van der Waals surface area contributed by atoms with E-state index in [1.54, 1.807) is 0 Å². The number of halogens is 1. The molecule has 0 unspecified atom stereocenters. The Morgan fingerprint density at radius 2 is 2.14 bits per heavy atom. The molecule has 0 aliphatic heterocycles. The molecule has 72 valence electrons. The van der Waals surface area contributed by atoms with Crippen LogP contribution in [0.25, 0.3) is 0 Å². The van der Waals surface area contributed by atoms with Crippen molar-refractivity contribution in [2.75, 3.05) is 5.73 Å². The largest absolute Gasteiger partial charge is 0.351 e. The molecule has 14 heavy (non-hydrogen) atoms. The smallest absolute Gasteiger partial charge is 0.318 e. The van der Waals surface area contributed by atoms with Crippen LogP contribution in [0, 0.1) is 0 Å². The number of nitrogens with two attached hydrogens (primary N) is 1. The Hall–Kier alpha value is -1.55. The second kappa shape index (κ2) is 3.67. The summed E-state index contributed by atoms with van der Waals surface area (Å²) in [5, 5.41) is 4.37. The van der Waals surface area contributed by atoms with Gasteiger partial charge >= 0.3 is 6.01 Å². The summed E-state index contributed by atoms with van der Waals surface area (Å²) in [6.07, 6.45) is 0.528. The Morgan fingerprint density at radius 3 is 2.79 bits per heavy atom. The molecule has 4 nitrogen and oxygen atoms in total. The van der Waals surface area contributed by atoms with E-state index in [1.807, 2.05) is 24.3 Å². The van der Waals surface area contributed by atoms with E-state index >= 15 is 0 Å². The van der Waals surface area contributed by atoms with Crippen molar-refractivity contribution >= 4 is 17.6 Å². The first-order chi connectivity index (χ1) is 6.75. The van der Waals surface area contributed by atoms with Crippen LogP contribution in [-0.2, 0) is 6.42 Å². The molecular formula is C9H8ClN3O. The molecular weight excluding hydrogens is 202 g/mol. The first-order valence-electron chi connectivity index (χ1n) is 4.07. The number of hydrogen-bond acceptors (Lipinski definition) is 4. The average molecular weight is 210 g/mol. The Labute approximate surface area is 85.7 Å². The third-order valence-electron chi connectivity index (χ3n) is 1.79. The van der Waals surface area contributed by atoms with Gasteiger partial charge in [-0.1, -0.05) is 35.0 Å². The predicted molar refractivity (Wildman–Crippen MR) is 53.0 cm³/mol. The number of nitrogen functional groups attached to an aromatic ring is 1. The first-order valence-corrected chi connectivity index (χ1v) is 4.45. The highest BCUT2D eigenvalue weighted by molar-refractivity contribution is 6.31. The molecule has 1 aromatic heterocycles. The molecule has 2 rings (SSSR count). The standard InChI is InChI=1S/C9H8ClN3O/c10-7-4-2-1-3-6(7)5-8-12-9(11)14-13-8/h1-4H,5H2,(H2,11,12,13). The van der Waals surface area contributed by atoms with Crippen LogP contribution >= 0.6 is 11.6 Å². The molecule has 1 aromatic carbocycles. The lowest BCUT2D eigenvalue weighted by atomic mass is 10.1. The van der Waals surface area contributed by atoms with Gasteiger partial charge in [0.15, 0.2) is 5.82 Å². The molecule has 5 heteroatoms. The molecule has 2 N–H and O–H groups in total. The van der Waals surface area contributed by atoms with Gasteiger partial charge in [0, 0.05) is 11.4 Å². The van der Waals surface area contributed by atoms with E-state index in [0.717, 1.165) is 5.56 Å². The highest BCUT2D eigenvalue weighted by Crippen LogP contribution is 2.17. The van der Waals surface area contributed by atoms with Crippen molar-refractivity contribution in [3.8, 4) is 0 Å². The monoisotopic (exact) mass is 209 g/mol. The molecule has 0 spiro atoms. The summed E-state index contributed by atoms with van der Waals surface area (Å²) in [5.74, 6) is 0.538.